The van der Waals surface area contributed by atoms with Crippen LogP contribution in [0.1, 0.15) is 0 Å². The molecule has 0 aromatic heterocycles. The summed E-state index contributed by atoms with van der Waals surface area (Å²) in [5.74, 6) is -1.27. The Hall–Kier alpha value is -2.20. The number of anilines is 3. The minimum Gasteiger partial charge on any atom is -0.310 e. The van der Waals surface area contributed by atoms with Crippen molar-refractivity contribution < 1.29 is 8.78 Å². The molecule has 0 unspecified atom stereocenters. The number of hydrogen-bond donors (Lipinski definition) is 0. The van der Waals surface area contributed by atoms with Crippen LogP contribution in [0.5, 0.6) is 0 Å². The van der Waals surface area contributed by atoms with Crippen molar-refractivity contribution in [3.63, 3.8) is 0 Å². The Morgan fingerprint density at radius 1 is 0.636 bits per heavy atom. The van der Waals surface area contributed by atoms with Crippen LogP contribution in [0.25, 0.3) is 0 Å². The Labute approximate surface area is 136 Å². The summed E-state index contributed by atoms with van der Waals surface area (Å²) >= 11 is 2.91. The van der Waals surface area contributed by atoms with Gasteiger partial charge in [0.1, 0.15) is 11.6 Å². The van der Waals surface area contributed by atoms with Gasteiger partial charge >= 0.3 is 0 Å². The van der Waals surface area contributed by atoms with Gasteiger partial charge in [0.15, 0.2) is 0 Å². The van der Waals surface area contributed by atoms with Gasteiger partial charge in [0.05, 0.1) is 10.2 Å². The van der Waals surface area contributed by atoms with Crippen molar-refractivity contribution in [1.82, 2.24) is 0 Å². The number of para-hydroxylation sites is 2. The average molecular weight is 360 g/mol. The van der Waals surface area contributed by atoms with E-state index in [2.05, 4.69) is 15.9 Å². The van der Waals surface area contributed by atoms with Gasteiger partial charge in [0.2, 0.25) is 0 Å². The van der Waals surface area contributed by atoms with E-state index in [9.17, 15) is 8.78 Å². The first-order valence-corrected chi connectivity index (χ1v) is 7.51. The van der Waals surface area contributed by atoms with Crippen LogP contribution >= 0.6 is 15.9 Å². The molecule has 0 atom stereocenters. The minimum absolute atomic E-state index is 0.155. The lowest BCUT2D eigenvalue weighted by molar-refractivity contribution is 0.572. The smallest absolute Gasteiger partial charge is 0.142 e. The van der Waals surface area contributed by atoms with E-state index >= 15 is 0 Å². The highest BCUT2D eigenvalue weighted by molar-refractivity contribution is 9.10. The van der Waals surface area contributed by atoms with E-state index in [1.165, 1.54) is 12.1 Å². The van der Waals surface area contributed by atoms with Gasteiger partial charge in [-0.25, -0.2) is 8.78 Å². The normalized spacial score (nSPS) is 10.5. The molecule has 0 bridgehead atoms. The lowest BCUT2D eigenvalue weighted by atomic mass is 10.2. The summed E-state index contributed by atoms with van der Waals surface area (Å²) in [6, 6.07) is 21.5. The first-order valence-electron chi connectivity index (χ1n) is 6.71. The van der Waals surface area contributed by atoms with Crippen molar-refractivity contribution in [3.8, 4) is 0 Å². The molecule has 1 nitrogen and oxygen atoms in total. The fourth-order valence-electron chi connectivity index (χ4n) is 2.27. The molecule has 3 aromatic carbocycles. The zero-order chi connectivity index (χ0) is 15.5. The maximum atomic E-state index is 13.9. The Bertz CT molecular complexity index is 713. The monoisotopic (exact) mass is 359 g/mol. The number of nitrogens with zero attached hydrogens (tertiary/aromatic N) is 1. The molecule has 0 N–H and O–H groups in total. The molecule has 3 aromatic rings. The number of benzene rings is 3. The molecule has 0 radical (unpaired) electrons. The van der Waals surface area contributed by atoms with Gasteiger partial charge < -0.3 is 4.90 Å². The van der Waals surface area contributed by atoms with Crippen LogP contribution in [0.3, 0.4) is 0 Å². The molecule has 4 heteroatoms. The maximum Gasteiger partial charge on any atom is 0.142 e. The summed E-state index contributed by atoms with van der Waals surface area (Å²) in [6.45, 7) is 0. The fourth-order valence-corrected chi connectivity index (χ4v) is 2.50. The van der Waals surface area contributed by atoms with Crippen LogP contribution in [0.15, 0.2) is 77.3 Å². The van der Waals surface area contributed by atoms with Gasteiger partial charge in [-0.05, 0) is 52.3 Å². The first-order chi connectivity index (χ1) is 10.7. The van der Waals surface area contributed by atoms with Crippen molar-refractivity contribution >= 4 is 33.0 Å². The molecule has 0 aliphatic heterocycles. The maximum absolute atomic E-state index is 13.9. The number of hydrogen-bond acceptors (Lipinski definition) is 1. The van der Waals surface area contributed by atoms with Crippen molar-refractivity contribution in [1.29, 1.82) is 0 Å². The quantitative estimate of drug-likeness (QED) is 0.503. The molecular formula is C18H12BrF2N. The Kier molecular flexibility index (Phi) is 4.20. The van der Waals surface area contributed by atoms with Crippen molar-refractivity contribution in [2.45, 2.75) is 0 Å². The zero-order valence-corrected chi connectivity index (χ0v) is 13.1. The van der Waals surface area contributed by atoms with Crippen LogP contribution in [-0.4, -0.2) is 0 Å². The molecule has 3 rings (SSSR count). The molecule has 0 saturated carbocycles. The standard InChI is InChI=1S/C18H12BrF2N/c19-18-16(20)11-15(12-17(18)21)22(13-7-3-1-4-8-13)14-9-5-2-6-10-14/h1-12H. The lowest BCUT2D eigenvalue weighted by Gasteiger charge is -2.25. The summed E-state index contributed by atoms with van der Waals surface area (Å²) in [5.41, 5.74) is 2.08. The molecule has 0 heterocycles. The van der Waals surface area contributed by atoms with Gasteiger partial charge in [-0.2, -0.15) is 0 Å². The number of halogens is 3. The molecule has 110 valence electrons. The molecule has 22 heavy (non-hydrogen) atoms. The molecular weight excluding hydrogens is 348 g/mol. The second kappa shape index (κ2) is 6.28. The minimum atomic E-state index is -0.633. The van der Waals surface area contributed by atoms with Crippen molar-refractivity contribution in [3.05, 3.63) is 88.9 Å². The van der Waals surface area contributed by atoms with Gasteiger partial charge in [0, 0.05) is 11.4 Å². The van der Waals surface area contributed by atoms with E-state index in [0.29, 0.717) is 5.69 Å². The third-order valence-electron chi connectivity index (χ3n) is 3.26. The Morgan fingerprint density at radius 3 is 1.45 bits per heavy atom. The van der Waals surface area contributed by atoms with Crippen LogP contribution < -0.4 is 4.90 Å². The van der Waals surface area contributed by atoms with E-state index in [1.54, 1.807) is 4.90 Å². The Morgan fingerprint density at radius 2 is 1.05 bits per heavy atom. The Balaban J connectivity index is 2.19. The molecule has 0 aliphatic rings. The molecule has 0 spiro atoms. The van der Waals surface area contributed by atoms with Crippen LogP contribution in [-0.2, 0) is 0 Å². The predicted octanol–water partition coefficient (Wildman–Crippen LogP) is 6.20. The molecule has 0 fully saturated rings. The second-order valence-corrected chi connectivity index (χ2v) is 5.52. The van der Waals surface area contributed by atoms with E-state index in [-0.39, 0.29) is 4.47 Å². The van der Waals surface area contributed by atoms with Crippen molar-refractivity contribution in [2.75, 3.05) is 4.90 Å². The number of rotatable bonds is 3. The van der Waals surface area contributed by atoms with Crippen molar-refractivity contribution in [2.24, 2.45) is 0 Å². The van der Waals surface area contributed by atoms with Gasteiger partial charge in [0.25, 0.3) is 0 Å². The highest BCUT2D eigenvalue weighted by atomic mass is 79.9. The summed E-state index contributed by atoms with van der Waals surface area (Å²) in [6.07, 6.45) is 0. The average Bonchev–Trinajstić information content (AvgIpc) is 2.55. The third kappa shape index (κ3) is 2.88. The SMILES string of the molecule is Fc1cc(N(c2ccccc2)c2ccccc2)cc(F)c1Br. The van der Waals surface area contributed by atoms with Crippen LogP contribution in [0, 0.1) is 11.6 Å². The van der Waals surface area contributed by atoms with E-state index < -0.39 is 11.6 Å². The lowest BCUT2D eigenvalue weighted by Crippen LogP contribution is -2.10. The molecule has 0 amide bonds. The third-order valence-corrected chi connectivity index (χ3v) is 4.01. The van der Waals surface area contributed by atoms with Gasteiger partial charge in [-0.1, -0.05) is 36.4 Å². The summed E-state index contributed by atoms with van der Waals surface area (Å²) in [7, 11) is 0. The van der Waals surface area contributed by atoms with E-state index in [4.69, 9.17) is 0 Å². The zero-order valence-electron chi connectivity index (χ0n) is 11.5. The van der Waals surface area contributed by atoms with Gasteiger partial charge in [-0.3, -0.25) is 0 Å². The first kappa shape index (κ1) is 14.7. The summed E-state index contributed by atoms with van der Waals surface area (Å²) in [5, 5.41) is 0. The molecule has 0 saturated heterocycles. The van der Waals surface area contributed by atoms with Crippen LogP contribution in [0.2, 0.25) is 0 Å². The summed E-state index contributed by atoms with van der Waals surface area (Å²) in [4.78, 5) is 1.80. The topological polar surface area (TPSA) is 3.24 Å². The largest absolute Gasteiger partial charge is 0.310 e. The summed E-state index contributed by atoms with van der Waals surface area (Å²) < 4.78 is 27.7. The van der Waals surface area contributed by atoms with Gasteiger partial charge in [-0.15, -0.1) is 0 Å². The second-order valence-electron chi connectivity index (χ2n) is 4.73. The molecule has 0 aliphatic carbocycles. The van der Waals surface area contributed by atoms with E-state index in [1.807, 2.05) is 60.7 Å². The van der Waals surface area contributed by atoms with Crippen LogP contribution in [0.4, 0.5) is 25.8 Å². The predicted molar refractivity (Wildman–Crippen MR) is 88.7 cm³/mol. The highest BCUT2D eigenvalue weighted by Crippen LogP contribution is 2.36. The fraction of sp³-hybridized carbons (Fsp3) is 0. The van der Waals surface area contributed by atoms with E-state index in [0.717, 1.165) is 11.4 Å². The highest BCUT2D eigenvalue weighted by Gasteiger charge is 2.16.